The molecule has 0 spiro atoms. The van der Waals surface area contributed by atoms with Gasteiger partial charge in [0.05, 0.1) is 10.0 Å². The Balaban J connectivity index is 1.97. The number of halogens is 3. The Morgan fingerprint density at radius 3 is 2.71 bits per heavy atom. The molecule has 0 bridgehead atoms. The summed E-state index contributed by atoms with van der Waals surface area (Å²) in [4.78, 5) is 11.7. The Morgan fingerprint density at radius 1 is 1.38 bits per heavy atom. The molecule has 1 N–H and O–H groups in total. The van der Waals surface area contributed by atoms with Gasteiger partial charge in [0.15, 0.2) is 0 Å². The first-order valence-electron chi connectivity index (χ1n) is 7.71. The average molecular weight is 368 g/mol. The van der Waals surface area contributed by atoms with Gasteiger partial charge in [-0.2, -0.15) is 0 Å². The van der Waals surface area contributed by atoms with E-state index in [1.165, 1.54) is 6.08 Å². The first-order chi connectivity index (χ1) is 11.3. The second-order valence-corrected chi connectivity index (χ2v) is 7.01. The van der Waals surface area contributed by atoms with Crippen LogP contribution in [-0.2, 0) is 4.79 Å². The molecule has 2 nitrogen and oxygen atoms in total. The number of benzene rings is 1. The zero-order valence-electron chi connectivity index (χ0n) is 13.7. The first-order valence-corrected chi connectivity index (χ1v) is 8.46. The van der Waals surface area contributed by atoms with Gasteiger partial charge in [-0.1, -0.05) is 41.4 Å². The molecule has 1 amide bonds. The van der Waals surface area contributed by atoms with E-state index in [0.29, 0.717) is 22.2 Å². The van der Waals surface area contributed by atoms with E-state index < -0.39 is 0 Å². The van der Waals surface area contributed by atoms with Crippen LogP contribution >= 0.6 is 23.2 Å². The van der Waals surface area contributed by atoms with Crippen LogP contribution in [0.2, 0.25) is 10.0 Å². The SMILES string of the molecule is C=C(C)CNC(=O)C=C(C)C(F)=CC1CC1c1ccc(Cl)c(Cl)c1. The lowest BCUT2D eigenvalue weighted by atomic mass is 10.1. The second-order valence-electron chi connectivity index (χ2n) is 6.20. The number of allylic oxidation sites excluding steroid dienone is 3. The fourth-order valence-corrected chi connectivity index (χ4v) is 2.71. The number of rotatable bonds is 6. The number of carbonyl (C=O) groups is 1. The highest BCUT2D eigenvalue weighted by Crippen LogP contribution is 2.50. The van der Waals surface area contributed by atoms with Crippen LogP contribution in [0.25, 0.3) is 0 Å². The summed E-state index contributed by atoms with van der Waals surface area (Å²) >= 11 is 11.9. The van der Waals surface area contributed by atoms with Crippen molar-refractivity contribution >= 4 is 29.1 Å². The Kier molecular flexibility index (Phi) is 6.25. The topological polar surface area (TPSA) is 29.1 Å². The maximum atomic E-state index is 14.2. The molecule has 0 aliphatic heterocycles. The monoisotopic (exact) mass is 367 g/mol. The van der Waals surface area contributed by atoms with Crippen molar-refractivity contribution in [3.05, 3.63) is 69.5 Å². The third-order valence-electron chi connectivity index (χ3n) is 3.86. The first kappa shape index (κ1) is 18.8. The summed E-state index contributed by atoms with van der Waals surface area (Å²) in [6, 6.07) is 5.50. The minimum atomic E-state index is -0.368. The van der Waals surface area contributed by atoms with Crippen LogP contribution in [0.5, 0.6) is 0 Å². The highest BCUT2D eigenvalue weighted by atomic mass is 35.5. The molecule has 1 aliphatic carbocycles. The molecule has 0 radical (unpaired) electrons. The molecular formula is C19H20Cl2FNO. The molecule has 1 aliphatic rings. The van der Waals surface area contributed by atoms with Crippen LogP contribution < -0.4 is 5.32 Å². The fraction of sp³-hybridized carbons (Fsp3) is 0.316. The van der Waals surface area contributed by atoms with Gasteiger partial charge >= 0.3 is 0 Å². The molecule has 0 aromatic heterocycles. The van der Waals surface area contributed by atoms with Crippen molar-refractivity contribution in [1.29, 1.82) is 0 Å². The van der Waals surface area contributed by atoms with Gasteiger partial charge in [0.1, 0.15) is 5.83 Å². The molecular weight excluding hydrogens is 348 g/mol. The summed E-state index contributed by atoms with van der Waals surface area (Å²) in [6.45, 7) is 7.48. The number of hydrogen-bond donors (Lipinski definition) is 1. The maximum absolute atomic E-state index is 14.2. The van der Waals surface area contributed by atoms with Crippen molar-refractivity contribution in [3.8, 4) is 0 Å². The lowest BCUT2D eigenvalue weighted by Crippen LogP contribution is -2.22. The molecule has 0 saturated heterocycles. The van der Waals surface area contributed by atoms with E-state index in [1.807, 2.05) is 19.1 Å². The van der Waals surface area contributed by atoms with Gasteiger partial charge in [-0.3, -0.25) is 4.79 Å². The third-order valence-corrected chi connectivity index (χ3v) is 4.60. The van der Waals surface area contributed by atoms with Crippen molar-refractivity contribution in [2.45, 2.75) is 26.2 Å². The van der Waals surface area contributed by atoms with Gasteiger partial charge in [-0.25, -0.2) is 4.39 Å². The maximum Gasteiger partial charge on any atom is 0.244 e. The smallest absolute Gasteiger partial charge is 0.244 e. The van der Waals surface area contributed by atoms with Crippen LogP contribution in [0.3, 0.4) is 0 Å². The molecule has 1 saturated carbocycles. The van der Waals surface area contributed by atoms with Crippen molar-refractivity contribution in [1.82, 2.24) is 5.32 Å². The second kappa shape index (κ2) is 8.00. The molecule has 1 aromatic carbocycles. The van der Waals surface area contributed by atoms with E-state index in [4.69, 9.17) is 23.2 Å². The zero-order valence-corrected chi connectivity index (χ0v) is 15.2. The Hall–Kier alpha value is -1.58. The average Bonchev–Trinajstić information content (AvgIpc) is 3.27. The van der Waals surface area contributed by atoms with E-state index in [2.05, 4.69) is 11.9 Å². The van der Waals surface area contributed by atoms with Crippen molar-refractivity contribution < 1.29 is 9.18 Å². The summed E-state index contributed by atoms with van der Waals surface area (Å²) in [5.74, 6) is -0.330. The number of amides is 1. The molecule has 1 aromatic rings. The fourth-order valence-electron chi connectivity index (χ4n) is 2.40. The highest BCUT2D eigenvalue weighted by Gasteiger charge is 2.37. The lowest BCUT2D eigenvalue weighted by Gasteiger charge is -2.03. The molecule has 1 fully saturated rings. The summed E-state index contributed by atoms with van der Waals surface area (Å²) in [7, 11) is 0. The number of carbonyl (C=O) groups excluding carboxylic acids is 1. The van der Waals surface area contributed by atoms with E-state index in [-0.39, 0.29) is 23.6 Å². The largest absolute Gasteiger partial charge is 0.349 e. The third kappa shape index (κ3) is 5.22. The Labute approximate surface area is 152 Å². The van der Waals surface area contributed by atoms with Gasteiger partial charge in [0, 0.05) is 12.6 Å². The molecule has 2 atom stereocenters. The van der Waals surface area contributed by atoms with Gasteiger partial charge in [0.25, 0.3) is 0 Å². The Morgan fingerprint density at radius 2 is 2.08 bits per heavy atom. The van der Waals surface area contributed by atoms with Crippen LogP contribution in [0.1, 0.15) is 31.7 Å². The van der Waals surface area contributed by atoms with Crippen LogP contribution in [0, 0.1) is 5.92 Å². The van der Waals surface area contributed by atoms with Gasteiger partial charge in [-0.05, 0) is 61.4 Å². The van der Waals surface area contributed by atoms with E-state index in [9.17, 15) is 9.18 Å². The number of hydrogen-bond acceptors (Lipinski definition) is 1. The quantitative estimate of drug-likeness (QED) is 0.396. The van der Waals surface area contributed by atoms with Gasteiger partial charge in [0.2, 0.25) is 5.91 Å². The summed E-state index contributed by atoms with van der Waals surface area (Å²) in [5, 5.41) is 3.67. The van der Waals surface area contributed by atoms with E-state index in [1.54, 1.807) is 19.1 Å². The van der Waals surface area contributed by atoms with Crippen LogP contribution in [-0.4, -0.2) is 12.5 Å². The normalized spacial score (nSPS) is 20.7. The lowest BCUT2D eigenvalue weighted by molar-refractivity contribution is -0.116. The summed E-state index contributed by atoms with van der Waals surface area (Å²) in [5.41, 5.74) is 2.21. The van der Waals surface area contributed by atoms with Gasteiger partial charge in [-0.15, -0.1) is 0 Å². The molecule has 5 heteroatoms. The minimum absolute atomic E-state index is 0.115. The molecule has 0 heterocycles. The zero-order chi connectivity index (χ0) is 17.9. The standard InChI is InChI=1S/C19H20Cl2FNO/c1-11(2)10-23-19(24)6-12(3)18(22)9-14-7-15(14)13-4-5-16(20)17(21)8-13/h4-6,8-9,14-15H,1,7,10H2,2-3H3,(H,23,24). The minimum Gasteiger partial charge on any atom is -0.349 e. The molecule has 2 unspecified atom stereocenters. The van der Waals surface area contributed by atoms with Crippen molar-refractivity contribution in [3.63, 3.8) is 0 Å². The van der Waals surface area contributed by atoms with E-state index >= 15 is 0 Å². The highest BCUT2D eigenvalue weighted by molar-refractivity contribution is 6.42. The Bertz CT molecular complexity index is 724. The number of nitrogens with one attached hydrogen (secondary N) is 1. The van der Waals surface area contributed by atoms with E-state index in [0.717, 1.165) is 17.6 Å². The van der Waals surface area contributed by atoms with Crippen molar-refractivity contribution in [2.24, 2.45) is 5.92 Å². The molecule has 2 rings (SSSR count). The summed E-state index contributed by atoms with van der Waals surface area (Å²) < 4.78 is 14.2. The van der Waals surface area contributed by atoms with Gasteiger partial charge < -0.3 is 5.32 Å². The van der Waals surface area contributed by atoms with Crippen LogP contribution in [0.15, 0.2) is 53.9 Å². The predicted molar refractivity (Wildman–Crippen MR) is 98.1 cm³/mol. The summed E-state index contributed by atoms with van der Waals surface area (Å²) in [6.07, 6.45) is 3.71. The molecule has 24 heavy (non-hydrogen) atoms. The van der Waals surface area contributed by atoms with Crippen molar-refractivity contribution in [2.75, 3.05) is 6.54 Å². The molecule has 128 valence electrons. The van der Waals surface area contributed by atoms with Crippen LogP contribution in [0.4, 0.5) is 4.39 Å². The predicted octanol–water partition coefficient (Wildman–Crippen LogP) is 5.59.